The second-order valence-electron chi connectivity index (χ2n) is 5.20. The summed E-state index contributed by atoms with van der Waals surface area (Å²) < 4.78 is 0. The fourth-order valence-electron chi connectivity index (χ4n) is 1.60. The monoisotopic (exact) mass is 228 g/mol. The van der Waals surface area contributed by atoms with E-state index in [4.69, 9.17) is 5.11 Å². The first-order valence-electron chi connectivity index (χ1n) is 5.49. The van der Waals surface area contributed by atoms with Crippen LogP contribution in [0.2, 0.25) is 0 Å². The molecule has 5 heteroatoms. The molecule has 1 aliphatic rings. The molecule has 2 N–H and O–H groups in total. The van der Waals surface area contributed by atoms with Crippen LogP contribution in [-0.4, -0.2) is 41.6 Å². The standard InChI is InChI=1S/C11H20N2O3/c1-7(9(14)15)13(4)10(16)12-6-8-5-11(8,2)3/h7-8H,5-6H2,1-4H3,(H,12,16)(H,14,15). The maximum absolute atomic E-state index is 11.6. The number of likely N-dealkylation sites (N-methyl/N-ethyl adjacent to an activating group) is 1. The maximum atomic E-state index is 11.6. The molecule has 0 spiro atoms. The van der Waals surface area contributed by atoms with E-state index in [0.717, 1.165) is 6.42 Å². The van der Waals surface area contributed by atoms with Gasteiger partial charge in [0.25, 0.3) is 0 Å². The Hall–Kier alpha value is -1.26. The Kier molecular flexibility index (Phi) is 3.45. The minimum atomic E-state index is -0.996. The molecule has 0 aromatic rings. The molecule has 0 bridgehead atoms. The topological polar surface area (TPSA) is 69.6 Å². The smallest absolute Gasteiger partial charge is 0.326 e. The molecule has 5 nitrogen and oxygen atoms in total. The lowest BCUT2D eigenvalue weighted by atomic mass is 10.1. The van der Waals surface area contributed by atoms with Crippen molar-refractivity contribution >= 4 is 12.0 Å². The number of carboxylic acid groups (broad SMARTS) is 1. The Bertz CT molecular complexity index is 302. The fourth-order valence-corrected chi connectivity index (χ4v) is 1.60. The fraction of sp³-hybridized carbons (Fsp3) is 0.818. The molecule has 1 rings (SSSR count). The van der Waals surface area contributed by atoms with Gasteiger partial charge in [-0.1, -0.05) is 13.8 Å². The third-order valence-electron chi connectivity index (χ3n) is 3.48. The van der Waals surface area contributed by atoms with Crippen LogP contribution in [0.15, 0.2) is 0 Å². The van der Waals surface area contributed by atoms with Crippen molar-refractivity contribution < 1.29 is 14.7 Å². The number of urea groups is 1. The Morgan fingerprint density at radius 1 is 1.56 bits per heavy atom. The highest BCUT2D eigenvalue weighted by atomic mass is 16.4. The zero-order valence-electron chi connectivity index (χ0n) is 10.3. The molecular formula is C11H20N2O3. The van der Waals surface area contributed by atoms with E-state index < -0.39 is 12.0 Å². The number of carbonyl (C=O) groups is 2. The molecule has 0 radical (unpaired) electrons. The number of rotatable bonds is 4. The molecule has 92 valence electrons. The average molecular weight is 228 g/mol. The van der Waals surface area contributed by atoms with Crippen LogP contribution in [0.25, 0.3) is 0 Å². The van der Waals surface area contributed by atoms with Crippen LogP contribution in [0.4, 0.5) is 4.79 Å². The molecule has 0 aromatic carbocycles. The van der Waals surface area contributed by atoms with E-state index in [0.29, 0.717) is 17.9 Å². The van der Waals surface area contributed by atoms with E-state index in [9.17, 15) is 9.59 Å². The number of aliphatic carboxylic acids is 1. The Balaban J connectivity index is 2.33. The summed E-state index contributed by atoms with van der Waals surface area (Å²) in [5.41, 5.74) is 0.324. The predicted molar refractivity (Wildman–Crippen MR) is 60.1 cm³/mol. The van der Waals surface area contributed by atoms with Crippen LogP contribution >= 0.6 is 0 Å². The molecule has 16 heavy (non-hydrogen) atoms. The SMILES string of the molecule is CC(C(=O)O)N(C)C(=O)NCC1CC1(C)C. The lowest BCUT2D eigenvalue weighted by Gasteiger charge is -2.22. The summed E-state index contributed by atoms with van der Waals surface area (Å²) in [6, 6.07) is -1.12. The Morgan fingerprint density at radius 3 is 2.44 bits per heavy atom. The van der Waals surface area contributed by atoms with Gasteiger partial charge in [0, 0.05) is 13.6 Å². The van der Waals surface area contributed by atoms with E-state index in [2.05, 4.69) is 19.2 Å². The molecule has 1 fully saturated rings. The van der Waals surface area contributed by atoms with Gasteiger partial charge in [-0.15, -0.1) is 0 Å². The predicted octanol–water partition coefficient (Wildman–Crippen LogP) is 1.15. The molecule has 1 aliphatic carbocycles. The lowest BCUT2D eigenvalue weighted by Crippen LogP contribution is -2.46. The van der Waals surface area contributed by atoms with Gasteiger partial charge < -0.3 is 15.3 Å². The van der Waals surface area contributed by atoms with Crippen LogP contribution in [-0.2, 0) is 4.79 Å². The highest BCUT2D eigenvalue weighted by Gasteiger charge is 2.45. The number of carboxylic acids is 1. The van der Waals surface area contributed by atoms with Gasteiger partial charge in [-0.25, -0.2) is 9.59 Å². The third kappa shape index (κ3) is 2.87. The first-order valence-corrected chi connectivity index (χ1v) is 5.49. The number of carbonyl (C=O) groups excluding carboxylic acids is 1. The van der Waals surface area contributed by atoms with Crippen molar-refractivity contribution in [2.45, 2.75) is 33.2 Å². The average Bonchev–Trinajstić information content (AvgIpc) is 2.80. The van der Waals surface area contributed by atoms with Crippen LogP contribution in [0.1, 0.15) is 27.2 Å². The maximum Gasteiger partial charge on any atom is 0.326 e. The number of hydrogen-bond donors (Lipinski definition) is 2. The van der Waals surface area contributed by atoms with Gasteiger partial charge >= 0.3 is 12.0 Å². The van der Waals surface area contributed by atoms with Crippen LogP contribution in [0.3, 0.4) is 0 Å². The van der Waals surface area contributed by atoms with E-state index in [1.807, 2.05) is 0 Å². The minimum Gasteiger partial charge on any atom is -0.480 e. The first kappa shape index (κ1) is 12.8. The van der Waals surface area contributed by atoms with Crippen molar-refractivity contribution in [2.75, 3.05) is 13.6 Å². The van der Waals surface area contributed by atoms with E-state index in [1.165, 1.54) is 18.9 Å². The van der Waals surface area contributed by atoms with Gasteiger partial charge in [-0.3, -0.25) is 0 Å². The molecule has 0 aromatic heterocycles. The summed E-state index contributed by atoms with van der Waals surface area (Å²) in [7, 11) is 1.49. The Labute approximate surface area is 95.8 Å². The molecule has 0 saturated heterocycles. The largest absolute Gasteiger partial charge is 0.480 e. The quantitative estimate of drug-likeness (QED) is 0.758. The van der Waals surface area contributed by atoms with Gasteiger partial charge in [0.2, 0.25) is 0 Å². The summed E-state index contributed by atoms with van der Waals surface area (Å²) in [4.78, 5) is 23.5. The molecular weight excluding hydrogens is 208 g/mol. The van der Waals surface area contributed by atoms with Crippen molar-refractivity contribution in [1.29, 1.82) is 0 Å². The molecule has 2 amide bonds. The van der Waals surface area contributed by atoms with Crippen LogP contribution in [0, 0.1) is 11.3 Å². The first-order chi connectivity index (χ1) is 7.25. The molecule has 0 aliphatic heterocycles. The third-order valence-corrected chi connectivity index (χ3v) is 3.48. The number of nitrogens with one attached hydrogen (secondary N) is 1. The summed E-state index contributed by atoms with van der Waals surface area (Å²) in [5, 5.41) is 11.5. The van der Waals surface area contributed by atoms with E-state index in [-0.39, 0.29) is 6.03 Å². The molecule has 2 atom stereocenters. The van der Waals surface area contributed by atoms with Crippen molar-refractivity contribution in [3.63, 3.8) is 0 Å². The van der Waals surface area contributed by atoms with Crippen molar-refractivity contribution in [1.82, 2.24) is 10.2 Å². The van der Waals surface area contributed by atoms with Gasteiger partial charge in [0.15, 0.2) is 0 Å². The summed E-state index contributed by atoms with van der Waals surface area (Å²) in [6.07, 6.45) is 1.12. The minimum absolute atomic E-state index is 0.322. The van der Waals surface area contributed by atoms with Crippen LogP contribution in [0.5, 0.6) is 0 Å². The van der Waals surface area contributed by atoms with E-state index >= 15 is 0 Å². The van der Waals surface area contributed by atoms with Crippen molar-refractivity contribution in [3.05, 3.63) is 0 Å². The number of hydrogen-bond acceptors (Lipinski definition) is 2. The second kappa shape index (κ2) is 4.31. The van der Waals surface area contributed by atoms with Crippen molar-refractivity contribution in [3.8, 4) is 0 Å². The number of amides is 2. The summed E-state index contributed by atoms with van der Waals surface area (Å²) in [5.74, 6) is -0.477. The van der Waals surface area contributed by atoms with Crippen LogP contribution < -0.4 is 5.32 Å². The van der Waals surface area contributed by atoms with Crippen molar-refractivity contribution in [2.24, 2.45) is 11.3 Å². The van der Waals surface area contributed by atoms with Gasteiger partial charge in [0.1, 0.15) is 6.04 Å². The van der Waals surface area contributed by atoms with Gasteiger partial charge in [0.05, 0.1) is 0 Å². The lowest BCUT2D eigenvalue weighted by molar-refractivity contribution is -0.141. The summed E-state index contributed by atoms with van der Waals surface area (Å²) in [6.45, 7) is 6.44. The van der Waals surface area contributed by atoms with E-state index in [1.54, 1.807) is 0 Å². The molecule has 1 saturated carbocycles. The summed E-state index contributed by atoms with van der Waals surface area (Å²) >= 11 is 0. The Morgan fingerprint density at radius 2 is 2.06 bits per heavy atom. The molecule has 0 heterocycles. The highest BCUT2D eigenvalue weighted by molar-refractivity contribution is 5.82. The highest BCUT2D eigenvalue weighted by Crippen LogP contribution is 2.50. The second-order valence-corrected chi connectivity index (χ2v) is 5.20. The zero-order chi connectivity index (χ0) is 12.5. The van der Waals surface area contributed by atoms with Gasteiger partial charge in [-0.2, -0.15) is 0 Å². The van der Waals surface area contributed by atoms with Gasteiger partial charge in [-0.05, 0) is 24.7 Å². The number of nitrogens with zero attached hydrogens (tertiary/aromatic N) is 1. The zero-order valence-corrected chi connectivity index (χ0v) is 10.3. The molecule has 2 unspecified atom stereocenters. The normalized spacial score (nSPS) is 23.4.